The zero-order chi connectivity index (χ0) is 12.8. The topological polar surface area (TPSA) is 25.2 Å². The van der Waals surface area contributed by atoms with Gasteiger partial charge in [0.1, 0.15) is 0 Å². The molecule has 0 radical (unpaired) electrons. The third-order valence-corrected chi connectivity index (χ3v) is 4.88. The molecule has 2 nitrogen and oxygen atoms in total. The van der Waals surface area contributed by atoms with Crippen LogP contribution in [0.5, 0.6) is 0 Å². The molecule has 1 aromatic rings. The lowest BCUT2D eigenvalue weighted by atomic mass is 9.69. The Kier molecular flexibility index (Phi) is 2.93. The highest BCUT2D eigenvalue weighted by Crippen LogP contribution is 2.49. The number of aliphatic imine (C=N–C) groups is 1. The standard InChI is InChI=1S/C14H22N2S/c1-9(2)15-12-16-10-11(17-12)14(5,6)8-7-13(10,3)4/h7-8H2,1-6H3. The summed E-state index contributed by atoms with van der Waals surface area (Å²) in [7, 11) is 0. The summed E-state index contributed by atoms with van der Waals surface area (Å²) in [6.45, 7) is 13.3. The van der Waals surface area contributed by atoms with E-state index < -0.39 is 0 Å². The summed E-state index contributed by atoms with van der Waals surface area (Å²) in [6, 6.07) is 0. The van der Waals surface area contributed by atoms with Crippen LogP contribution in [0, 0.1) is 0 Å². The van der Waals surface area contributed by atoms with Crippen LogP contribution in [0.4, 0.5) is 5.13 Å². The highest BCUT2D eigenvalue weighted by atomic mass is 32.1. The maximum Gasteiger partial charge on any atom is 0.209 e. The van der Waals surface area contributed by atoms with Crippen molar-refractivity contribution in [2.24, 2.45) is 4.99 Å². The highest BCUT2D eigenvalue weighted by Gasteiger charge is 2.40. The smallest absolute Gasteiger partial charge is 0.209 e. The quantitative estimate of drug-likeness (QED) is 0.668. The normalized spacial score (nSPS) is 20.8. The molecule has 2 rings (SSSR count). The highest BCUT2D eigenvalue weighted by molar-refractivity contribution is 7.15. The van der Waals surface area contributed by atoms with Crippen molar-refractivity contribution in [1.29, 1.82) is 0 Å². The molecule has 0 aromatic carbocycles. The Balaban J connectivity index is 2.56. The lowest BCUT2D eigenvalue weighted by Crippen LogP contribution is -2.32. The van der Waals surface area contributed by atoms with Crippen molar-refractivity contribution in [1.82, 2.24) is 4.98 Å². The number of hydrogen-bond acceptors (Lipinski definition) is 3. The van der Waals surface area contributed by atoms with Crippen molar-refractivity contribution in [3.63, 3.8) is 0 Å². The van der Waals surface area contributed by atoms with Crippen molar-refractivity contribution >= 4 is 22.2 Å². The zero-order valence-electron chi connectivity index (χ0n) is 11.7. The Bertz CT molecular complexity index is 429. The van der Waals surface area contributed by atoms with Crippen molar-refractivity contribution in [2.75, 3.05) is 0 Å². The van der Waals surface area contributed by atoms with Gasteiger partial charge in [0.05, 0.1) is 5.69 Å². The van der Waals surface area contributed by atoms with Crippen molar-refractivity contribution in [2.45, 2.75) is 65.2 Å². The van der Waals surface area contributed by atoms with Crippen LogP contribution in [-0.2, 0) is 10.8 Å². The minimum Gasteiger partial charge on any atom is -0.229 e. The Morgan fingerprint density at radius 2 is 1.71 bits per heavy atom. The molecule has 0 atom stereocenters. The summed E-state index contributed by atoms with van der Waals surface area (Å²) in [4.78, 5) is 10.7. The SMILES string of the molecule is CC(C)=Nc1nc2c(s1)C(C)(C)CCC2(C)C. The van der Waals surface area contributed by atoms with E-state index in [4.69, 9.17) is 4.98 Å². The number of nitrogens with zero attached hydrogens (tertiary/aromatic N) is 2. The van der Waals surface area contributed by atoms with E-state index in [0.29, 0.717) is 0 Å². The summed E-state index contributed by atoms with van der Waals surface area (Å²) in [5, 5.41) is 0.929. The van der Waals surface area contributed by atoms with Gasteiger partial charge in [0.2, 0.25) is 5.13 Å². The second kappa shape index (κ2) is 3.91. The van der Waals surface area contributed by atoms with Gasteiger partial charge in [-0.3, -0.25) is 0 Å². The van der Waals surface area contributed by atoms with Gasteiger partial charge >= 0.3 is 0 Å². The summed E-state index contributed by atoms with van der Waals surface area (Å²) in [5.41, 5.74) is 2.82. The molecule has 1 heterocycles. The Morgan fingerprint density at radius 3 is 2.24 bits per heavy atom. The Labute approximate surface area is 108 Å². The maximum atomic E-state index is 4.77. The van der Waals surface area contributed by atoms with Gasteiger partial charge < -0.3 is 0 Å². The van der Waals surface area contributed by atoms with Gasteiger partial charge in [0.25, 0.3) is 0 Å². The number of hydrogen-bond donors (Lipinski definition) is 0. The fourth-order valence-electron chi connectivity index (χ4n) is 2.32. The fourth-order valence-corrected chi connectivity index (χ4v) is 3.67. The molecule has 94 valence electrons. The molecule has 0 amide bonds. The van der Waals surface area contributed by atoms with Gasteiger partial charge in [-0.2, -0.15) is 0 Å². The number of thiazole rings is 1. The van der Waals surface area contributed by atoms with Gasteiger partial charge in [0, 0.05) is 21.4 Å². The van der Waals surface area contributed by atoms with Crippen molar-refractivity contribution in [3.05, 3.63) is 10.6 Å². The van der Waals surface area contributed by atoms with Crippen LogP contribution in [-0.4, -0.2) is 10.7 Å². The summed E-state index contributed by atoms with van der Waals surface area (Å²) in [6.07, 6.45) is 2.45. The molecule has 0 bridgehead atoms. The minimum absolute atomic E-state index is 0.205. The van der Waals surface area contributed by atoms with Crippen molar-refractivity contribution in [3.8, 4) is 0 Å². The number of fused-ring (bicyclic) bond motifs is 1. The molecule has 1 aromatic heterocycles. The summed E-state index contributed by atoms with van der Waals surface area (Å²) >= 11 is 1.77. The Hall–Kier alpha value is -0.700. The molecule has 1 aliphatic rings. The second-order valence-electron chi connectivity index (χ2n) is 6.50. The molecule has 0 fully saturated rings. The molecule has 3 heteroatoms. The van der Waals surface area contributed by atoms with Gasteiger partial charge in [-0.15, -0.1) is 0 Å². The molecular weight excluding hydrogens is 228 g/mol. The van der Waals surface area contributed by atoms with Crippen LogP contribution in [0.15, 0.2) is 4.99 Å². The first kappa shape index (κ1) is 12.7. The number of rotatable bonds is 1. The lowest BCUT2D eigenvalue weighted by Gasteiger charge is -2.37. The van der Waals surface area contributed by atoms with E-state index in [1.807, 2.05) is 13.8 Å². The van der Waals surface area contributed by atoms with Crippen LogP contribution in [0.25, 0.3) is 0 Å². The monoisotopic (exact) mass is 250 g/mol. The minimum atomic E-state index is 0.205. The fraction of sp³-hybridized carbons (Fsp3) is 0.714. The van der Waals surface area contributed by atoms with Gasteiger partial charge in [-0.05, 0) is 26.7 Å². The van der Waals surface area contributed by atoms with E-state index in [9.17, 15) is 0 Å². The predicted octanol–water partition coefficient (Wildman–Crippen LogP) is 4.60. The molecule has 0 aliphatic heterocycles. The number of aromatic nitrogens is 1. The van der Waals surface area contributed by atoms with Crippen LogP contribution < -0.4 is 0 Å². The van der Waals surface area contributed by atoms with Crippen LogP contribution in [0.3, 0.4) is 0 Å². The Morgan fingerprint density at radius 1 is 1.12 bits per heavy atom. The molecular formula is C14H22N2S. The van der Waals surface area contributed by atoms with Crippen LogP contribution in [0.1, 0.15) is 65.0 Å². The molecule has 17 heavy (non-hydrogen) atoms. The zero-order valence-corrected chi connectivity index (χ0v) is 12.5. The van der Waals surface area contributed by atoms with Gasteiger partial charge in [-0.25, -0.2) is 9.98 Å². The molecule has 0 saturated carbocycles. The summed E-state index contributed by atoms with van der Waals surface area (Å²) < 4.78 is 0. The van der Waals surface area contributed by atoms with E-state index in [1.165, 1.54) is 23.4 Å². The first-order valence-electron chi connectivity index (χ1n) is 6.26. The first-order chi connectivity index (χ1) is 7.72. The largest absolute Gasteiger partial charge is 0.229 e. The van der Waals surface area contributed by atoms with Gasteiger partial charge in [-0.1, -0.05) is 39.0 Å². The summed E-state index contributed by atoms with van der Waals surface area (Å²) in [5.74, 6) is 0. The molecule has 0 spiro atoms. The van der Waals surface area contributed by atoms with E-state index >= 15 is 0 Å². The molecule has 0 saturated heterocycles. The van der Waals surface area contributed by atoms with Crippen molar-refractivity contribution < 1.29 is 0 Å². The molecule has 1 aliphatic carbocycles. The average Bonchev–Trinajstić information content (AvgIpc) is 2.58. The maximum absolute atomic E-state index is 4.77. The van der Waals surface area contributed by atoms with Crippen LogP contribution in [0.2, 0.25) is 0 Å². The van der Waals surface area contributed by atoms with E-state index in [-0.39, 0.29) is 10.8 Å². The van der Waals surface area contributed by atoms with Crippen LogP contribution >= 0.6 is 11.3 Å². The second-order valence-corrected chi connectivity index (χ2v) is 7.48. The third-order valence-electron chi connectivity index (χ3n) is 3.57. The van der Waals surface area contributed by atoms with Gasteiger partial charge in [0.15, 0.2) is 0 Å². The first-order valence-corrected chi connectivity index (χ1v) is 7.08. The average molecular weight is 250 g/mol. The van der Waals surface area contributed by atoms with E-state index in [0.717, 1.165) is 10.8 Å². The molecule has 0 N–H and O–H groups in total. The molecule has 0 unspecified atom stereocenters. The predicted molar refractivity (Wildman–Crippen MR) is 75.8 cm³/mol. The third kappa shape index (κ3) is 2.30. The van der Waals surface area contributed by atoms with E-state index in [2.05, 4.69) is 32.7 Å². The lowest BCUT2D eigenvalue weighted by molar-refractivity contribution is 0.331. The van der Waals surface area contributed by atoms with E-state index in [1.54, 1.807) is 11.3 Å².